The lowest BCUT2D eigenvalue weighted by Gasteiger charge is -2.45. The third-order valence-electron chi connectivity index (χ3n) is 5.52. The number of carbonyl (C=O) groups is 1. The van der Waals surface area contributed by atoms with Crippen LogP contribution in [0.25, 0.3) is 6.08 Å². The molecular formula is C21H21NO3. The van der Waals surface area contributed by atoms with Crippen LogP contribution in [0.3, 0.4) is 0 Å². The second-order valence-electron chi connectivity index (χ2n) is 7.08. The van der Waals surface area contributed by atoms with E-state index in [1.165, 1.54) is 18.4 Å². The molecule has 4 rings (SSSR count). The molecule has 0 bridgehead atoms. The van der Waals surface area contributed by atoms with Crippen molar-refractivity contribution in [2.75, 3.05) is 19.1 Å². The molecule has 1 spiro atoms. The van der Waals surface area contributed by atoms with Gasteiger partial charge in [0.05, 0.1) is 18.1 Å². The highest BCUT2D eigenvalue weighted by atomic mass is 16.5. The van der Waals surface area contributed by atoms with Gasteiger partial charge in [-0.3, -0.25) is 0 Å². The van der Waals surface area contributed by atoms with Crippen molar-refractivity contribution in [3.8, 4) is 5.75 Å². The summed E-state index contributed by atoms with van der Waals surface area (Å²) in [6.07, 6.45) is 4.13. The largest absolute Gasteiger partial charge is 0.465 e. The fraction of sp³-hybridized carbons (Fsp3) is 0.286. The third kappa shape index (κ3) is 1.97. The summed E-state index contributed by atoms with van der Waals surface area (Å²) in [6.45, 7) is 4.40. The molecule has 0 aliphatic carbocycles. The molecule has 128 valence electrons. The molecule has 2 aliphatic rings. The van der Waals surface area contributed by atoms with Crippen molar-refractivity contribution in [2.45, 2.75) is 25.0 Å². The van der Waals surface area contributed by atoms with E-state index in [1.807, 2.05) is 18.2 Å². The number of hydrogen-bond donors (Lipinski definition) is 0. The number of methoxy groups -OCH3 is 1. The Morgan fingerprint density at radius 1 is 1.16 bits per heavy atom. The van der Waals surface area contributed by atoms with Crippen molar-refractivity contribution in [2.24, 2.45) is 0 Å². The Morgan fingerprint density at radius 2 is 1.92 bits per heavy atom. The number of carbonyl (C=O) groups excluding carboxylic acids is 1. The van der Waals surface area contributed by atoms with E-state index >= 15 is 0 Å². The SMILES string of the molecule is COC(=O)c1ccc2c(c1)C=CC1(O2)N(C)c2ccccc2C1(C)C. The zero-order valence-corrected chi connectivity index (χ0v) is 14.9. The number of benzene rings is 2. The van der Waals surface area contributed by atoms with Crippen molar-refractivity contribution in [3.63, 3.8) is 0 Å². The molecule has 25 heavy (non-hydrogen) atoms. The monoisotopic (exact) mass is 335 g/mol. The van der Waals surface area contributed by atoms with E-state index in [2.05, 4.69) is 50.1 Å². The number of anilines is 1. The fourth-order valence-corrected chi connectivity index (χ4v) is 4.02. The summed E-state index contributed by atoms with van der Waals surface area (Å²) >= 11 is 0. The number of likely N-dealkylation sites (N-methyl/N-ethyl adjacent to an activating group) is 1. The van der Waals surface area contributed by atoms with Gasteiger partial charge in [0.15, 0.2) is 0 Å². The van der Waals surface area contributed by atoms with Gasteiger partial charge in [0.2, 0.25) is 5.72 Å². The van der Waals surface area contributed by atoms with E-state index in [0.717, 1.165) is 11.3 Å². The fourth-order valence-electron chi connectivity index (χ4n) is 4.02. The summed E-state index contributed by atoms with van der Waals surface area (Å²) < 4.78 is 11.3. The molecule has 4 heteroatoms. The first-order chi connectivity index (χ1) is 11.9. The summed E-state index contributed by atoms with van der Waals surface area (Å²) in [7, 11) is 3.45. The summed E-state index contributed by atoms with van der Waals surface area (Å²) in [4.78, 5) is 13.9. The van der Waals surface area contributed by atoms with E-state index in [-0.39, 0.29) is 11.4 Å². The lowest BCUT2D eigenvalue weighted by molar-refractivity contribution is 0.0575. The molecule has 0 aromatic heterocycles. The molecule has 0 N–H and O–H groups in total. The van der Waals surface area contributed by atoms with Crippen LogP contribution in [0, 0.1) is 0 Å². The highest BCUT2D eigenvalue weighted by Crippen LogP contribution is 2.54. The Morgan fingerprint density at radius 3 is 2.64 bits per heavy atom. The van der Waals surface area contributed by atoms with E-state index < -0.39 is 5.72 Å². The second-order valence-corrected chi connectivity index (χ2v) is 7.08. The summed E-state index contributed by atoms with van der Waals surface area (Å²) in [5.74, 6) is 0.421. The van der Waals surface area contributed by atoms with Gasteiger partial charge >= 0.3 is 5.97 Å². The van der Waals surface area contributed by atoms with Crippen LogP contribution in [-0.2, 0) is 10.2 Å². The van der Waals surface area contributed by atoms with Gasteiger partial charge in [0.1, 0.15) is 5.75 Å². The van der Waals surface area contributed by atoms with Crippen LogP contribution in [-0.4, -0.2) is 25.9 Å². The van der Waals surface area contributed by atoms with Gasteiger partial charge in [-0.1, -0.05) is 18.2 Å². The number of esters is 1. The first kappa shape index (κ1) is 15.8. The second kappa shape index (κ2) is 5.12. The van der Waals surface area contributed by atoms with Crippen LogP contribution < -0.4 is 9.64 Å². The normalized spacial score (nSPS) is 22.3. The van der Waals surface area contributed by atoms with Gasteiger partial charge in [-0.05, 0) is 55.8 Å². The number of para-hydroxylation sites is 1. The van der Waals surface area contributed by atoms with Crippen LogP contribution in [0.5, 0.6) is 5.75 Å². The van der Waals surface area contributed by atoms with E-state index in [1.54, 1.807) is 12.1 Å². The molecule has 4 nitrogen and oxygen atoms in total. The Bertz CT molecular complexity index is 900. The molecule has 0 radical (unpaired) electrons. The average Bonchev–Trinajstić information content (AvgIpc) is 2.80. The minimum Gasteiger partial charge on any atom is -0.465 e. The van der Waals surface area contributed by atoms with Gasteiger partial charge in [-0.15, -0.1) is 0 Å². The predicted octanol–water partition coefficient (Wildman–Crippen LogP) is 4.00. The smallest absolute Gasteiger partial charge is 0.337 e. The minimum absolute atomic E-state index is 0.229. The molecular weight excluding hydrogens is 314 g/mol. The molecule has 0 saturated heterocycles. The van der Waals surface area contributed by atoms with Crippen molar-refractivity contribution in [1.29, 1.82) is 0 Å². The molecule has 1 atom stereocenters. The first-order valence-electron chi connectivity index (χ1n) is 8.35. The van der Waals surface area contributed by atoms with Crippen LogP contribution in [0.2, 0.25) is 0 Å². The molecule has 0 amide bonds. The van der Waals surface area contributed by atoms with Crippen molar-refractivity contribution >= 4 is 17.7 Å². The standard InChI is InChI=1S/C21H21NO3/c1-20(2)16-7-5-6-8-17(16)22(3)21(20)12-11-14-13-15(19(23)24-4)9-10-18(14)25-21/h5-13H,1-4H3. The van der Waals surface area contributed by atoms with E-state index in [4.69, 9.17) is 9.47 Å². The van der Waals surface area contributed by atoms with Crippen molar-refractivity contribution in [1.82, 2.24) is 0 Å². The van der Waals surface area contributed by atoms with Crippen LogP contribution in [0.15, 0.2) is 48.5 Å². The minimum atomic E-state index is -0.601. The lowest BCUT2D eigenvalue weighted by atomic mass is 9.76. The van der Waals surface area contributed by atoms with Gasteiger partial charge in [-0.25, -0.2) is 4.79 Å². The van der Waals surface area contributed by atoms with E-state index in [0.29, 0.717) is 5.56 Å². The molecule has 2 aliphatic heterocycles. The number of hydrogen-bond acceptors (Lipinski definition) is 4. The molecule has 0 fully saturated rings. The molecule has 1 unspecified atom stereocenters. The Labute approximate surface area is 147 Å². The summed E-state index contributed by atoms with van der Waals surface area (Å²) in [6, 6.07) is 13.8. The Hall–Kier alpha value is -2.75. The topological polar surface area (TPSA) is 38.8 Å². The average molecular weight is 335 g/mol. The van der Waals surface area contributed by atoms with E-state index in [9.17, 15) is 4.79 Å². The number of nitrogens with zero attached hydrogens (tertiary/aromatic N) is 1. The van der Waals surface area contributed by atoms with Gasteiger partial charge < -0.3 is 14.4 Å². The lowest BCUT2D eigenvalue weighted by Crippen LogP contribution is -2.58. The number of ether oxygens (including phenoxy) is 2. The maximum atomic E-state index is 11.8. The highest BCUT2D eigenvalue weighted by Gasteiger charge is 2.57. The zero-order valence-electron chi connectivity index (χ0n) is 14.9. The first-order valence-corrected chi connectivity index (χ1v) is 8.35. The van der Waals surface area contributed by atoms with Gasteiger partial charge in [0.25, 0.3) is 0 Å². The Kier molecular flexibility index (Phi) is 3.23. The molecule has 0 saturated carbocycles. The van der Waals surface area contributed by atoms with Gasteiger partial charge in [0, 0.05) is 18.3 Å². The maximum absolute atomic E-state index is 11.8. The summed E-state index contributed by atoms with van der Waals surface area (Å²) in [5, 5.41) is 0. The van der Waals surface area contributed by atoms with Crippen LogP contribution >= 0.6 is 0 Å². The quantitative estimate of drug-likeness (QED) is 0.738. The number of rotatable bonds is 1. The van der Waals surface area contributed by atoms with Gasteiger partial charge in [-0.2, -0.15) is 0 Å². The van der Waals surface area contributed by atoms with Crippen molar-refractivity contribution < 1.29 is 14.3 Å². The maximum Gasteiger partial charge on any atom is 0.337 e. The Balaban J connectivity index is 1.81. The highest BCUT2D eigenvalue weighted by molar-refractivity contribution is 5.90. The summed E-state index contributed by atoms with van der Waals surface area (Å²) in [5.41, 5.74) is 3.01. The molecule has 2 heterocycles. The van der Waals surface area contributed by atoms with Crippen LogP contribution in [0.1, 0.15) is 35.3 Å². The molecule has 2 aromatic rings. The molecule has 2 aromatic carbocycles. The number of fused-ring (bicyclic) bond motifs is 2. The zero-order chi connectivity index (χ0) is 17.8. The van der Waals surface area contributed by atoms with Crippen molar-refractivity contribution in [3.05, 3.63) is 65.2 Å². The third-order valence-corrected chi connectivity index (χ3v) is 5.52. The predicted molar refractivity (Wildman–Crippen MR) is 98.0 cm³/mol. The van der Waals surface area contributed by atoms with Crippen LogP contribution in [0.4, 0.5) is 5.69 Å².